The number of hydrogen-bond donors (Lipinski definition) is 0. The van der Waals surface area contributed by atoms with Crippen LogP contribution in [0.5, 0.6) is 0 Å². The monoisotopic (exact) mass is 295 g/mol. The van der Waals surface area contributed by atoms with Crippen LogP contribution in [-0.2, 0) is 0 Å². The Morgan fingerprint density at radius 3 is 2.05 bits per heavy atom. The van der Waals surface area contributed by atoms with E-state index in [2.05, 4.69) is 0 Å². The Labute approximate surface area is 130 Å². The van der Waals surface area contributed by atoms with E-state index in [-0.39, 0.29) is 17.4 Å². The van der Waals surface area contributed by atoms with Crippen LogP contribution in [0.3, 0.4) is 0 Å². The summed E-state index contributed by atoms with van der Waals surface area (Å²) in [5.74, 6) is 2.12. The zero-order valence-electron chi connectivity index (χ0n) is 13.0. The van der Waals surface area contributed by atoms with E-state index >= 15 is 0 Å². The van der Waals surface area contributed by atoms with Crippen molar-refractivity contribution >= 4 is 11.8 Å². The van der Waals surface area contributed by atoms with E-state index in [0.29, 0.717) is 11.1 Å². The third-order valence-electron chi connectivity index (χ3n) is 6.52. The Hall–Kier alpha value is -1.64. The first-order valence-electron chi connectivity index (χ1n) is 8.55. The molecule has 3 heteroatoms. The van der Waals surface area contributed by atoms with Crippen molar-refractivity contribution in [2.45, 2.75) is 51.0 Å². The highest BCUT2D eigenvalue weighted by atomic mass is 16.2. The predicted octanol–water partition coefficient (Wildman–Crippen LogP) is 3.56. The van der Waals surface area contributed by atoms with E-state index in [1.807, 2.05) is 25.1 Å². The number of carbonyl (C=O) groups excluding carboxylic acids is 2. The second kappa shape index (κ2) is 4.01. The minimum absolute atomic E-state index is 0.0364. The van der Waals surface area contributed by atoms with Crippen LogP contribution in [0.1, 0.15) is 64.8 Å². The van der Waals surface area contributed by atoms with Crippen LogP contribution in [0.15, 0.2) is 18.2 Å². The summed E-state index contributed by atoms with van der Waals surface area (Å²) in [6, 6.07) is 5.66. The molecule has 0 radical (unpaired) electrons. The molecule has 0 N–H and O–H groups in total. The molecule has 1 aromatic rings. The molecule has 4 aliphatic carbocycles. The molecule has 6 rings (SSSR count). The summed E-state index contributed by atoms with van der Waals surface area (Å²) < 4.78 is 0. The molecule has 0 atom stereocenters. The highest BCUT2D eigenvalue weighted by molar-refractivity contribution is 6.22. The summed E-state index contributed by atoms with van der Waals surface area (Å²) in [7, 11) is 0. The number of amides is 2. The normalized spacial score (nSPS) is 38.8. The molecule has 1 aromatic carbocycles. The second-order valence-electron chi connectivity index (χ2n) is 8.14. The topological polar surface area (TPSA) is 37.4 Å². The molecule has 3 nitrogen and oxygen atoms in total. The third kappa shape index (κ3) is 1.52. The lowest BCUT2D eigenvalue weighted by molar-refractivity contribution is -0.0620. The number of hydrogen-bond acceptors (Lipinski definition) is 2. The van der Waals surface area contributed by atoms with Crippen LogP contribution < -0.4 is 0 Å². The van der Waals surface area contributed by atoms with Gasteiger partial charge in [0.15, 0.2) is 0 Å². The van der Waals surface area contributed by atoms with Gasteiger partial charge in [-0.05, 0) is 75.3 Å². The minimum Gasteiger partial charge on any atom is -0.269 e. The summed E-state index contributed by atoms with van der Waals surface area (Å²) in [5.41, 5.74) is 2.12. The van der Waals surface area contributed by atoms with Gasteiger partial charge in [-0.1, -0.05) is 11.6 Å². The molecule has 0 spiro atoms. The Morgan fingerprint density at radius 2 is 1.45 bits per heavy atom. The summed E-state index contributed by atoms with van der Waals surface area (Å²) in [5, 5.41) is 0. The van der Waals surface area contributed by atoms with Crippen LogP contribution in [0.2, 0.25) is 0 Å². The fourth-order valence-corrected chi connectivity index (χ4v) is 6.12. The minimum atomic E-state index is -0.171. The van der Waals surface area contributed by atoms with Crippen molar-refractivity contribution in [3.63, 3.8) is 0 Å². The van der Waals surface area contributed by atoms with Crippen LogP contribution in [0.4, 0.5) is 0 Å². The van der Waals surface area contributed by atoms with Gasteiger partial charge in [0.1, 0.15) is 0 Å². The molecule has 1 aliphatic heterocycles. The van der Waals surface area contributed by atoms with E-state index in [1.54, 1.807) is 4.90 Å². The number of benzene rings is 1. The van der Waals surface area contributed by atoms with Crippen LogP contribution in [0.25, 0.3) is 0 Å². The van der Waals surface area contributed by atoms with Crippen molar-refractivity contribution in [3.8, 4) is 0 Å². The van der Waals surface area contributed by atoms with Crippen molar-refractivity contribution in [1.29, 1.82) is 0 Å². The molecule has 114 valence electrons. The van der Waals surface area contributed by atoms with Gasteiger partial charge in [0, 0.05) is 0 Å². The summed E-state index contributed by atoms with van der Waals surface area (Å²) in [4.78, 5) is 27.6. The van der Waals surface area contributed by atoms with Crippen molar-refractivity contribution in [1.82, 2.24) is 4.90 Å². The Balaban J connectivity index is 1.59. The summed E-state index contributed by atoms with van der Waals surface area (Å²) in [6.45, 7) is 1.98. The maximum absolute atomic E-state index is 13.0. The molecule has 0 aromatic heterocycles. The standard InChI is InChI=1S/C19H21NO2/c1-11-2-3-15-16(4-11)18(22)20(17(15)21)19-8-12-5-13(9-19)7-14(6-12)10-19/h2-4,12-14H,5-10H2,1H3. The SMILES string of the molecule is Cc1ccc2c(c1)C(=O)N(C13CC4CC(CC(C4)C1)C3)C2=O. The third-order valence-corrected chi connectivity index (χ3v) is 6.52. The molecule has 0 unspecified atom stereocenters. The number of carbonyl (C=O) groups is 2. The lowest BCUT2D eigenvalue weighted by atomic mass is 9.52. The van der Waals surface area contributed by atoms with E-state index in [4.69, 9.17) is 0 Å². The van der Waals surface area contributed by atoms with Gasteiger partial charge in [-0.2, -0.15) is 0 Å². The Morgan fingerprint density at radius 1 is 0.909 bits per heavy atom. The van der Waals surface area contributed by atoms with E-state index < -0.39 is 0 Å². The van der Waals surface area contributed by atoms with Gasteiger partial charge in [0.05, 0.1) is 16.7 Å². The largest absolute Gasteiger partial charge is 0.269 e. The van der Waals surface area contributed by atoms with Gasteiger partial charge < -0.3 is 0 Å². The first-order valence-corrected chi connectivity index (χ1v) is 8.55. The van der Waals surface area contributed by atoms with Gasteiger partial charge >= 0.3 is 0 Å². The molecular weight excluding hydrogens is 274 g/mol. The number of nitrogens with zero attached hydrogens (tertiary/aromatic N) is 1. The van der Waals surface area contributed by atoms with Gasteiger partial charge in [0.2, 0.25) is 0 Å². The summed E-state index contributed by atoms with van der Waals surface area (Å²) >= 11 is 0. The highest BCUT2D eigenvalue weighted by Gasteiger charge is 2.58. The molecule has 4 fully saturated rings. The highest BCUT2D eigenvalue weighted by Crippen LogP contribution is 2.58. The smallest absolute Gasteiger partial charge is 0.262 e. The molecule has 5 aliphatic rings. The molecule has 4 saturated carbocycles. The number of aryl methyl sites for hydroxylation is 1. The first-order chi connectivity index (χ1) is 10.6. The Bertz CT molecular complexity index is 670. The van der Waals surface area contributed by atoms with Gasteiger partial charge in [0.25, 0.3) is 11.8 Å². The maximum Gasteiger partial charge on any atom is 0.262 e. The number of rotatable bonds is 1. The second-order valence-corrected chi connectivity index (χ2v) is 8.14. The van der Waals surface area contributed by atoms with Crippen molar-refractivity contribution < 1.29 is 9.59 Å². The Kier molecular flexibility index (Phi) is 2.34. The van der Waals surface area contributed by atoms with Crippen molar-refractivity contribution in [2.75, 3.05) is 0 Å². The van der Waals surface area contributed by atoms with Crippen LogP contribution in [0, 0.1) is 24.7 Å². The fraction of sp³-hybridized carbons (Fsp3) is 0.579. The zero-order valence-corrected chi connectivity index (χ0v) is 13.0. The lowest BCUT2D eigenvalue weighted by Gasteiger charge is -2.59. The maximum atomic E-state index is 13.0. The van der Waals surface area contributed by atoms with Gasteiger partial charge in [-0.25, -0.2) is 0 Å². The molecule has 1 heterocycles. The van der Waals surface area contributed by atoms with Crippen molar-refractivity contribution in [2.24, 2.45) is 17.8 Å². The molecule has 4 bridgehead atoms. The molecule has 0 saturated heterocycles. The predicted molar refractivity (Wildman–Crippen MR) is 82.6 cm³/mol. The molecular formula is C19H21NO2. The number of imide groups is 1. The van der Waals surface area contributed by atoms with E-state index in [9.17, 15) is 9.59 Å². The van der Waals surface area contributed by atoms with Gasteiger partial charge in [-0.3, -0.25) is 14.5 Å². The number of fused-ring (bicyclic) bond motifs is 1. The average Bonchev–Trinajstić information content (AvgIpc) is 2.69. The first kappa shape index (κ1) is 12.9. The summed E-state index contributed by atoms with van der Waals surface area (Å²) in [6.07, 6.45) is 7.10. The van der Waals surface area contributed by atoms with E-state index in [1.165, 1.54) is 19.3 Å². The van der Waals surface area contributed by atoms with Crippen molar-refractivity contribution in [3.05, 3.63) is 34.9 Å². The quantitative estimate of drug-likeness (QED) is 0.743. The fourth-order valence-electron chi connectivity index (χ4n) is 6.12. The van der Waals surface area contributed by atoms with Gasteiger partial charge in [-0.15, -0.1) is 0 Å². The molecule has 22 heavy (non-hydrogen) atoms. The van der Waals surface area contributed by atoms with Crippen LogP contribution >= 0.6 is 0 Å². The van der Waals surface area contributed by atoms with E-state index in [0.717, 1.165) is 42.6 Å². The zero-order chi connectivity index (χ0) is 15.1. The molecule has 2 amide bonds. The van der Waals surface area contributed by atoms with Crippen LogP contribution in [-0.4, -0.2) is 22.3 Å². The average molecular weight is 295 g/mol. The lowest BCUT2D eigenvalue weighted by Crippen LogP contribution is -2.61.